The Morgan fingerprint density at radius 2 is 2.07 bits per heavy atom. The van der Waals surface area contributed by atoms with Gasteiger partial charge in [0, 0.05) is 30.4 Å². The average molecular weight is 434 g/mol. The molecule has 160 valence electrons. The average Bonchev–Trinajstić information content (AvgIpc) is 3.16. The number of piperidine rings is 2. The molecule has 1 N–H and O–H groups in total. The zero-order valence-electron chi connectivity index (χ0n) is 17.0. The molecule has 5 nitrogen and oxygen atoms in total. The smallest absolute Gasteiger partial charge is 0.257 e. The Kier molecular flexibility index (Phi) is 6.37. The van der Waals surface area contributed by atoms with Gasteiger partial charge < -0.3 is 10.2 Å². The molecule has 0 bridgehead atoms. The second kappa shape index (κ2) is 9.01. The minimum absolute atomic E-state index is 0.237. The summed E-state index contributed by atoms with van der Waals surface area (Å²) in [5, 5.41) is 7.97. The number of halogens is 3. The summed E-state index contributed by atoms with van der Waals surface area (Å²) in [6.07, 6.45) is 5.79. The summed E-state index contributed by atoms with van der Waals surface area (Å²) in [7, 11) is 2.18. The van der Waals surface area contributed by atoms with Crippen LogP contribution in [0.4, 0.5) is 8.78 Å². The second-order valence-corrected chi connectivity index (χ2v) is 8.75. The normalized spacial score (nSPS) is 21.6. The van der Waals surface area contributed by atoms with Gasteiger partial charge in [-0.1, -0.05) is 23.4 Å². The van der Waals surface area contributed by atoms with Crippen LogP contribution in [0.25, 0.3) is 0 Å². The maximum Gasteiger partial charge on any atom is 0.257 e. The number of nitrogens with zero attached hydrogens (tertiary/aromatic N) is 4. The monoisotopic (exact) mass is 433 g/mol. The van der Waals surface area contributed by atoms with Crippen LogP contribution in [0, 0.1) is 17.3 Å². The Labute approximate surface area is 180 Å². The van der Waals surface area contributed by atoms with Gasteiger partial charge in [-0.25, -0.2) is 13.8 Å². The summed E-state index contributed by atoms with van der Waals surface area (Å²) in [5.41, 5.74) is 2.81. The highest BCUT2D eigenvalue weighted by molar-refractivity contribution is 6.29. The van der Waals surface area contributed by atoms with Crippen molar-refractivity contribution in [3.8, 4) is 11.8 Å². The van der Waals surface area contributed by atoms with E-state index in [1.165, 1.54) is 10.9 Å². The van der Waals surface area contributed by atoms with Gasteiger partial charge in [-0.05, 0) is 63.0 Å². The molecule has 4 heterocycles. The van der Waals surface area contributed by atoms with Crippen LogP contribution in [0.15, 0.2) is 24.7 Å². The lowest BCUT2D eigenvalue weighted by atomic mass is 9.62. The third-order valence-corrected chi connectivity index (χ3v) is 6.65. The van der Waals surface area contributed by atoms with Crippen LogP contribution < -0.4 is 5.32 Å². The van der Waals surface area contributed by atoms with Crippen LogP contribution in [0.1, 0.15) is 41.9 Å². The van der Waals surface area contributed by atoms with E-state index in [0.29, 0.717) is 16.6 Å². The van der Waals surface area contributed by atoms with E-state index >= 15 is 0 Å². The summed E-state index contributed by atoms with van der Waals surface area (Å²) in [5.74, 6) is 6.57. The van der Waals surface area contributed by atoms with Gasteiger partial charge in [0.2, 0.25) is 0 Å². The number of alkyl halides is 2. The molecule has 1 atom stereocenters. The van der Waals surface area contributed by atoms with E-state index in [4.69, 9.17) is 11.6 Å². The number of hydrogen-bond acceptors (Lipinski definition) is 4. The predicted octanol–water partition coefficient (Wildman–Crippen LogP) is 3.39. The molecule has 2 saturated heterocycles. The summed E-state index contributed by atoms with van der Waals surface area (Å²) < 4.78 is 26.3. The van der Waals surface area contributed by atoms with Gasteiger partial charge in [0.05, 0.1) is 11.8 Å². The highest BCUT2D eigenvalue weighted by Gasteiger charge is 2.43. The maximum absolute atomic E-state index is 12.5. The fourth-order valence-corrected chi connectivity index (χ4v) is 4.89. The molecule has 2 aromatic rings. The lowest BCUT2D eigenvalue weighted by molar-refractivity contribution is 0.0650. The van der Waals surface area contributed by atoms with Gasteiger partial charge in [-0.3, -0.25) is 4.68 Å². The van der Waals surface area contributed by atoms with Crippen LogP contribution in [0.5, 0.6) is 0 Å². The SMILES string of the molecule is CN1CCC2(CCNCC2c2cc(Cl)ncc2C#Cc2cnn(CC(F)F)c2)CC1. The molecule has 2 aliphatic heterocycles. The summed E-state index contributed by atoms with van der Waals surface area (Å²) >= 11 is 6.28. The first-order chi connectivity index (χ1) is 14.4. The fourth-order valence-electron chi connectivity index (χ4n) is 4.72. The number of pyridine rings is 1. The molecule has 4 rings (SSSR count). The van der Waals surface area contributed by atoms with Gasteiger partial charge in [0.1, 0.15) is 11.7 Å². The van der Waals surface area contributed by atoms with Gasteiger partial charge in [-0.2, -0.15) is 5.10 Å². The first kappa shape index (κ1) is 21.2. The van der Waals surface area contributed by atoms with E-state index < -0.39 is 13.0 Å². The third kappa shape index (κ3) is 4.66. The van der Waals surface area contributed by atoms with Crippen LogP contribution in [0.2, 0.25) is 5.15 Å². The fraction of sp³-hybridized carbons (Fsp3) is 0.545. The van der Waals surface area contributed by atoms with E-state index in [0.717, 1.165) is 56.6 Å². The van der Waals surface area contributed by atoms with Crippen molar-refractivity contribution < 1.29 is 8.78 Å². The molecular weight excluding hydrogens is 408 g/mol. The predicted molar refractivity (Wildman–Crippen MR) is 113 cm³/mol. The molecule has 0 radical (unpaired) electrons. The molecule has 0 saturated carbocycles. The minimum Gasteiger partial charge on any atom is -0.316 e. The molecule has 1 spiro atoms. The van der Waals surface area contributed by atoms with Crippen LogP contribution in [-0.2, 0) is 6.54 Å². The molecule has 0 amide bonds. The standard InChI is InChI=1S/C22H26ClF2N5/c1-29-8-5-22(6-9-29)4-7-26-13-19(22)18-10-20(23)27-12-17(18)3-2-16-11-28-30(14-16)15-21(24)25/h10-12,14,19,21,26H,4-9,13,15H2,1H3. The Hall–Kier alpha value is -2.01. The van der Waals surface area contributed by atoms with Crippen LogP contribution in [0.3, 0.4) is 0 Å². The molecule has 2 aliphatic rings. The Bertz CT molecular complexity index is 940. The lowest BCUT2D eigenvalue weighted by Crippen LogP contribution is -2.49. The molecule has 8 heteroatoms. The number of nitrogens with one attached hydrogen (secondary N) is 1. The van der Waals surface area contributed by atoms with Gasteiger partial charge in [0.25, 0.3) is 6.43 Å². The van der Waals surface area contributed by atoms with E-state index in [1.807, 2.05) is 6.07 Å². The van der Waals surface area contributed by atoms with Crippen molar-refractivity contribution in [2.45, 2.75) is 38.2 Å². The van der Waals surface area contributed by atoms with Gasteiger partial charge in [-0.15, -0.1) is 0 Å². The zero-order valence-corrected chi connectivity index (χ0v) is 17.8. The topological polar surface area (TPSA) is 46.0 Å². The van der Waals surface area contributed by atoms with E-state index in [2.05, 4.69) is 39.2 Å². The number of hydrogen-bond donors (Lipinski definition) is 1. The Morgan fingerprint density at radius 3 is 2.83 bits per heavy atom. The third-order valence-electron chi connectivity index (χ3n) is 6.45. The summed E-state index contributed by atoms with van der Waals surface area (Å²) in [4.78, 5) is 6.64. The minimum atomic E-state index is -2.44. The molecule has 30 heavy (non-hydrogen) atoms. The number of likely N-dealkylation sites (tertiary alicyclic amines) is 1. The molecule has 2 aromatic heterocycles. The van der Waals surface area contributed by atoms with Crippen molar-refractivity contribution in [2.24, 2.45) is 5.41 Å². The van der Waals surface area contributed by atoms with Crippen molar-refractivity contribution >= 4 is 11.6 Å². The Balaban J connectivity index is 1.65. The highest BCUT2D eigenvalue weighted by atomic mass is 35.5. The summed E-state index contributed by atoms with van der Waals surface area (Å²) in [6.45, 7) is 3.69. The lowest BCUT2D eigenvalue weighted by Gasteiger charge is -2.49. The highest BCUT2D eigenvalue weighted by Crippen LogP contribution is 2.49. The molecule has 2 fully saturated rings. The van der Waals surface area contributed by atoms with Crippen molar-refractivity contribution in [1.29, 1.82) is 0 Å². The van der Waals surface area contributed by atoms with Crippen molar-refractivity contribution in [1.82, 2.24) is 25.0 Å². The van der Waals surface area contributed by atoms with Crippen LogP contribution in [-0.4, -0.2) is 59.3 Å². The Morgan fingerprint density at radius 1 is 1.27 bits per heavy atom. The second-order valence-electron chi connectivity index (χ2n) is 8.36. The molecular formula is C22H26ClF2N5. The maximum atomic E-state index is 12.5. The van der Waals surface area contributed by atoms with E-state index in [-0.39, 0.29) is 5.41 Å². The molecule has 0 aromatic carbocycles. The first-order valence-corrected chi connectivity index (χ1v) is 10.7. The van der Waals surface area contributed by atoms with Crippen molar-refractivity contribution in [3.63, 3.8) is 0 Å². The molecule has 0 aliphatic carbocycles. The zero-order chi connectivity index (χ0) is 21.1. The summed E-state index contributed by atoms with van der Waals surface area (Å²) in [6, 6.07) is 1.95. The van der Waals surface area contributed by atoms with Crippen molar-refractivity contribution in [3.05, 3.63) is 46.5 Å². The van der Waals surface area contributed by atoms with E-state index in [9.17, 15) is 8.78 Å². The van der Waals surface area contributed by atoms with Crippen LogP contribution >= 0.6 is 11.6 Å². The quantitative estimate of drug-likeness (QED) is 0.595. The van der Waals surface area contributed by atoms with E-state index in [1.54, 1.807) is 12.4 Å². The largest absolute Gasteiger partial charge is 0.316 e. The first-order valence-electron chi connectivity index (χ1n) is 10.3. The molecule has 1 unspecified atom stereocenters. The van der Waals surface area contributed by atoms with Gasteiger partial charge in [0.15, 0.2) is 0 Å². The van der Waals surface area contributed by atoms with Crippen molar-refractivity contribution in [2.75, 3.05) is 33.2 Å². The number of rotatable bonds is 3. The van der Waals surface area contributed by atoms with Gasteiger partial charge >= 0.3 is 0 Å². The number of aromatic nitrogens is 3.